The predicted molar refractivity (Wildman–Crippen MR) is 107 cm³/mol. The van der Waals surface area contributed by atoms with Gasteiger partial charge in [-0.05, 0) is 51.8 Å². The number of benzene rings is 1. The quantitative estimate of drug-likeness (QED) is 0.874. The van der Waals surface area contributed by atoms with Crippen molar-refractivity contribution in [3.05, 3.63) is 28.8 Å². The molecule has 2 unspecified atom stereocenters. The lowest BCUT2D eigenvalue weighted by atomic mass is 10.0. The number of carbonyl (C=O) groups is 2. The van der Waals surface area contributed by atoms with E-state index in [0.717, 1.165) is 42.7 Å². The zero-order chi connectivity index (χ0) is 18.1. The third-order valence-corrected chi connectivity index (χ3v) is 5.48. The van der Waals surface area contributed by atoms with Crippen LogP contribution in [0.25, 0.3) is 0 Å². The highest BCUT2D eigenvalue weighted by Crippen LogP contribution is 2.33. The second kappa shape index (κ2) is 8.40. The highest BCUT2D eigenvalue weighted by Gasteiger charge is 2.40. The number of halogens is 1. The van der Waals surface area contributed by atoms with Crippen molar-refractivity contribution in [1.82, 2.24) is 10.2 Å². The summed E-state index contributed by atoms with van der Waals surface area (Å²) in [7, 11) is 1.92. The van der Waals surface area contributed by atoms with Crippen LogP contribution in [-0.2, 0) is 9.59 Å². The average Bonchev–Trinajstić information content (AvgIpc) is 3.14. The molecule has 0 bridgehead atoms. The molecule has 5 nitrogen and oxygen atoms in total. The van der Waals surface area contributed by atoms with Crippen LogP contribution in [0, 0.1) is 26.7 Å². The SMILES string of the molecule is CNCC1CCCN1C(=O)C1CC(=O)N(c2c(C)cc(C)cc2C)C1.Cl. The van der Waals surface area contributed by atoms with E-state index in [1.807, 2.05) is 30.7 Å². The van der Waals surface area contributed by atoms with Crippen LogP contribution in [0.2, 0.25) is 0 Å². The molecule has 2 atom stereocenters. The van der Waals surface area contributed by atoms with E-state index in [2.05, 4.69) is 24.4 Å². The number of carbonyl (C=O) groups excluding carboxylic acids is 2. The molecule has 26 heavy (non-hydrogen) atoms. The number of likely N-dealkylation sites (N-methyl/N-ethyl adjacent to an activating group) is 1. The van der Waals surface area contributed by atoms with E-state index in [1.54, 1.807) is 0 Å². The maximum atomic E-state index is 13.0. The van der Waals surface area contributed by atoms with Crippen molar-refractivity contribution in [3.63, 3.8) is 0 Å². The van der Waals surface area contributed by atoms with Crippen molar-refractivity contribution in [2.45, 2.75) is 46.1 Å². The number of hydrogen-bond acceptors (Lipinski definition) is 3. The summed E-state index contributed by atoms with van der Waals surface area (Å²) in [5.74, 6) is -0.00107. The minimum atomic E-state index is -0.218. The van der Waals surface area contributed by atoms with Crippen molar-refractivity contribution in [2.75, 3.05) is 31.6 Å². The number of likely N-dealkylation sites (tertiary alicyclic amines) is 1. The summed E-state index contributed by atoms with van der Waals surface area (Å²) in [4.78, 5) is 29.5. The Balaban J connectivity index is 0.00000243. The zero-order valence-electron chi connectivity index (χ0n) is 16.2. The number of hydrogen-bond donors (Lipinski definition) is 1. The molecule has 6 heteroatoms. The molecular weight excluding hydrogens is 350 g/mol. The van der Waals surface area contributed by atoms with Crippen molar-refractivity contribution in [3.8, 4) is 0 Å². The molecular formula is C20H30ClN3O2. The lowest BCUT2D eigenvalue weighted by Gasteiger charge is -2.27. The highest BCUT2D eigenvalue weighted by molar-refractivity contribution is 6.01. The molecule has 2 saturated heterocycles. The van der Waals surface area contributed by atoms with Crippen molar-refractivity contribution in [1.29, 1.82) is 0 Å². The van der Waals surface area contributed by atoms with Crippen molar-refractivity contribution >= 4 is 29.9 Å². The van der Waals surface area contributed by atoms with E-state index in [0.29, 0.717) is 13.0 Å². The Kier molecular flexibility index (Phi) is 6.69. The van der Waals surface area contributed by atoms with Gasteiger partial charge in [-0.15, -0.1) is 12.4 Å². The molecule has 0 spiro atoms. The Morgan fingerprint density at radius 2 is 1.88 bits per heavy atom. The Bertz CT molecular complexity index is 669. The number of rotatable bonds is 4. The highest BCUT2D eigenvalue weighted by atomic mass is 35.5. The van der Waals surface area contributed by atoms with Crippen LogP contribution in [0.4, 0.5) is 5.69 Å². The third-order valence-electron chi connectivity index (χ3n) is 5.48. The van der Waals surface area contributed by atoms with Gasteiger partial charge in [0.1, 0.15) is 0 Å². The van der Waals surface area contributed by atoms with E-state index < -0.39 is 0 Å². The van der Waals surface area contributed by atoms with Crippen LogP contribution in [0.3, 0.4) is 0 Å². The molecule has 0 radical (unpaired) electrons. The maximum Gasteiger partial charge on any atom is 0.228 e. The molecule has 2 amide bonds. The summed E-state index contributed by atoms with van der Waals surface area (Å²) >= 11 is 0. The molecule has 0 aromatic heterocycles. The molecule has 1 aromatic rings. The number of anilines is 1. The van der Waals surface area contributed by atoms with Gasteiger partial charge in [0, 0.05) is 37.8 Å². The van der Waals surface area contributed by atoms with Gasteiger partial charge in [-0.2, -0.15) is 0 Å². The lowest BCUT2D eigenvalue weighted by molar-refractivity contribution is -0.136. The normalized spacial score (nSPS) is 22.7. The first kappa shape index (κ1) is 20.7. The Labute approximate surface area is 162 Å². The molecule has 1 N–H and O–H groups in total. The average molecular weight is 380 g/mol. The van der Waals surface area contributed by atoms with Crippen LogP contribution in [0.15, 0.2) is 12.1 Å². The summed E-state index contributed by atoms with van der Waals surface area (Å²) in [6.07, 6.45) is 2.43. The fourth-order valence-corrected chi connectivity index (χ4v) is 4.50. The van der Waals surface area contributed by atoms with Crippen LogP contribution < -0.4 is 10.2 Å². The van der Waals surface area contributed by atoms with Crippen LogP contribution in [0.5, 0.6) is 0 Å². The zero-order valence-corrected chi connectivity index (χ0v) is 17.0. The van der Waals surface area contributed by atoms with Crippen LogP contribution in [0.1, 0.15) is 36.0 Å². The van der Waals surface area contributed by atoms with E-state index in [4.69, 9.17) is 0 Å². The van der Waals surface area contributed by atoms with Gasteiger partial charge < -0.3 is 15.1 Å². The third kappa shape index (κ3) is 3.89. The van der Waals surface area contributed by atoms with Gasteiger partial charge in [0.15, 0.2) is 0 Å². The molecule has 2 fully saturated rings. The number of amides is 2. The van der Waals surface area contributed by atoms with Gasteiger partial charge >= 0.3 is 0 Å². The van der Waals surface area contributed by atoms with Gasteiger partial charge in [-0.3, -0.25) is 9.59 Å². The molecule has 2 aliphatic heterocycles. The molecule has 3 rings (SSSR count). The van der Waals surface area contributed by atoms with Crippen molar-refractivity contribution < 1.29 is 9.59 Å². The summed E-state index contributed by atoms with van der Waals surface area (Å²) in [5.41, 5.74) is 4.39. The van der Waals surface area contributed by atoms with Gasteiger partial charge in [-0.1, -0.05) is 17.7 Å². The Morgan fingerprint density at radius 1 is 1.23 bits per heavy atom. The Hall–Kier alpha value is -1.59. The fraction of sp³-hybridized carbons (Fsp3) is 0.600. The first-order valence-electron chi connectivity index (χ1n) is 9.25. The second-order valence-electron chi connectivity index (χ2n) is 7.54. The van der Waals surface area contributed by atoms with E-state index in [9.17, 15) is 9.59 Å². The molecule has 0 aliphatic carbocycles. The number of aryl methyl sites for hydroxylation is 3. The predicted octanol–water partition coefficient (Wildman–Crippen LogP) is 2.60. The van der Waals surface area contributed by atoms with E-state index >= 15 is 0 Å². The lowest BCUT2D eigenvalue weighted by Crippen LogP contribution is -2.44. The van der Waals surface area contributed by atoms with Gasteiger partial charge in [-0.25, -0.2) is 0 Å². The topological polar surface area (TPSA) is 52.7 Å². The molecule has 1 aromatic carbocycles. The summed E-state index contributed by atoms with van der Waals surface area (Å²) in [5, 5.41) is 3.18. The van der Waals surface area contributed by atoms with Crippen LogP contribution >= 0.6 is 12.4 Å². The van der Waals surface area contributed by atoms with Gasteiger partial charge in [0.05, 0.1) is 5.92 Å². The first-order chi connectivity index (χ1) is 11.9. The van der Waals surface area contributed by atoms with Crippen molar-refractivity contribution in [2.24, 2.45) is 5.92 Å². The standard InChI is InChI=1S/C20H29N3O2.ClH/c1-13-8-14(2)19(15(3)9-13)23-12-16(10-18(23)24)20(25)22-7-5-6-17(22)11-21-4;/h8-9,16-17,21H,5-7,10-12H2,1-4H3;1H. The van der Waals surface area contributed by atoms with E-state index in [-0.39, 0.29) is 36.2 Å². The maximum absolute atomic E-state index is 13.0. The van der Waals surface area contributed by atoms with Crippen LogP contribution in [-0.4, -0.2) is 49.4 Å². The smallest absolute Gasteiger partial charge is 0.228 e. The summed E-state index contributed by atoms with van der Waals surface area (Å²) in [6.45, 7) is 8.30. The minimum Gasteiger partial charge on any atom is -0.338 e. The van der Waals surface area contributed by atoms with Gasteiger partial charge in [0.2, 0.25) is 11.8 Å². The largest absolute Gasteiger partial charge is 0.338 e. The monoisotopic (exact) mass is 379 g/mol. The van der Waals surface area contributed by atoms with Gasteiger partial charge in [0.25, 0.3) is 0 Å². The molecule has 2 aliphatic rings. The molecule has 0 saturated carbocycles. The number of nitrogens with zero attached hydrogens (tertiary/aromatic N) is 2. The molecule has 144 valence electrons. The fourth-order valence-electron chi connectivity index (χ4n) is 4.50. The number of nitrogens with one attached hydrogen (secondary N) is 1. The Morgan fingerprint density at radius 3 is 2.50 bits per heavy atom. The second-order valence-corrected chi connectivity index (χ2v) is 7.54. The van der Waals surface area contributed by atoms with E-state index in [1.165, 1.54) is 5.56 Å². The summed E-state index contributed by atoms with van der Waals surface area (Å²) in [6, 6.07) is 4.48. The minimum absolute atomic E-state index is 0. The summed E-state index contributed by atoms with van der Waals surface area (Å²) < 4.78 is 0. The first-order valence-corrected chi connectivity index (χ1v) is 9.25. The molecule has 2 heterocycles.